The van der Waals surface area contributed by atoms with E-state index in [4.69, 9.17) is 11.6 Å². The van der Waals surface area contributed by atoms with Crippen LogP contribution in [0.15, 0.2) is 46.5 Å². The number of hydrogen-bond donors (Lipinski definition) is 0. The Labute approximate surface area is 136 Å². The minimum absolute atomic E-state index is 0.0494. The first-order valence-electron chi connectivity index (χ1n) is 6.04. The third-order valence-electron chi connectivity index (χ3n) is 2.80. The van der Waals surface area contributed by atoms with Crippen LogP contribution in [0.4, 0.5) is 11.4 Å². The number of nitro groups is 1. The zero-order valence-corrected chi connectivity index (χ0v) is 13.7. The molecule has 0 saturated heterocycles. The van der Waals surface area contributed by atoms with Gasteiger partial charge in [0.2, 0.25) is 0 Å². The molecule has 0 atom stereocenters. The second-order valence-electron chi connectivity index (χ2n) is 4.24. The summed E-state index contributed by atoms with van der Waals surface area (Å²) in [5.74, 6) is 0. The minimum Gasteiger partial charge on any atom is -0.363 e. The number of benzene rings is 1. The molecule has 0 bridgehead atoms. The summed E-state index contributed by atoms with van der Waals surface area (Å²) in [6.07, 6.45) is 0. The molecule has 0 spiro atoms. The van der Waals surface area contributed by atoms with Crippen molar-refractivity contribution in [1.82, 2.24) is 0 Å². The normalized spacial score (nSPS) is 10.4. The third kappa shape index (κ3) is 3.58. The van der Waals surface area contributed by atoms with Gasteiger partial charge in [-0.3, -0.25) is 10.1 Å². The third-order valence-corrected chi connectivity index (χ3v) is 5.08. The van der Waals surface area contributed by atoms with Crippen LogP contribution in [0, 0.1) is 10.1 Å². The highest BCUT2D eigenvalue weighted by molar-refractivity contribution is 8.04. The van der Waals surface area contributed by atoms with Gasteiger partial charge in [0.15, 0.2) is 0 Å². The van der Waals surface area contributed by atoms with Crippen molar-refractivity contribution >= 4 is 46.1 Å². The highest BCUT2D eigenvalue weighted by Crippen LogP contribution is 2.49. The molecule has 0 radical (unpaired) electrons. The van der Waals surface area contributed by atoms with Crippen LogP contribution in [0.3, 0.4) is 0 Å². The molecule has 110 valence electrons. The molecule has 7 heteroatoms. The standard InChI is InChI=1S/C14H13ClN2O2S2/c1-3-20-14-12(17(18)19)11(13(15)21-14)16(2)9-10-7-5-4-6-8-10/h3-8H,1,9H2,2H3. The fraction of sp³-hybridized carbons (Fsp3) is 0.143. The van der Waals surface area contributed by atoms with Crippen molar-refractivity contribution in [1.29, 1.82) is 0 Å². The summed E-state index contributed by atoms with van der Waals surface area (Å²) in [7, 11) is 1.80. The van der Waals surface area contributed by atoms with E-state index in [0.29, 0.717) is 20.8 Å². The Kier molecular flexibility index (Phi) is 5.27. The molecule has 0 aliphatic carbocycles. The van der Waals surface area contributed by atoms with Gasteiger partial charge >= 0.3 is 5.69 Å². The first kappa shape index (κ1) is 15.9. The lowest BCUT2D eigenvalue weighted by Crippen LogP contribution is -2.17. The van der Waals surface area contributed by atoms with E-state index in [1.54, 1.807) is 17.4 Å². The van der Waals surface area contributed by atoms with Crippen LogP contribution in [0.5, 0.6) is 0 Å². The van der Waals surface area contributed by atoms with E-state index in [9.17, 15) is 10.1 Å². The van der Waals surface area contributed by atoms with Gasteiger partial charge in [-0.1, -0.05) is 60.3 Å². The van der Waals surface area contributed by atoms with Crippen LogP contribution < -0.4 is 4.90 Å². The van der Waals surface area contributed by atoms with Gasteiger partial charge in [-0.25, -0.2) is 0 Å². The summed E-state index contributed by atoms with van der Waals surface area (Å²) in [4.78, 5) is 12.8. The van der Waals surface area contributed by atoms with Gasteiger partial charge in [-0.2, -0.15) is 0 Å². The van der Waals surface area contributed by atoms with Crippen molar-refractivity contribution in [2.75, 3.05) is 11.9 Å². The fourth-order valence-corrected chi connectivity index (χ4v) is 4.41. The maximum Gasteiger partial charge on any atom is 0.318 e. The molecule has 21 heavy (non-hydrogen) atoms. The lowest BCUT2D eigenvalue weighted by Gasteiger charge is -2.18. The quantitative estimate of drug-likeness (QED) is 0.413. The van der Waals surface area contributed by atoms with E-state index in [2.05, 4.69) is 6.58 Å². The molecule has 1 aromatic carbocycles. The molecular formula is C14H13ClN2O2S2. The zero-order valence-electron chi connectivity index (χ0n) is 11.3. The lowest BCUT2D eigenvalue weighted by molar-refractivity contribution is -0.386. The summed E-state index contributed by atoms with van der Waals surface area (Å²) in [6.45, 7) is 4.15. The Morgan fingerprint density at radius 1 is 1.48 bits per heavy atom. The van der Waals surface area contributed by atoms with Crippen LogP contribution in [0.1, 0.15) is 5.56 Å². The number of nitrogens with zero attached hydrogens (tertiary/aromatic N) is 2. The van der Waals surface area contributed by atoms with Crippen molar-refractivity contribution in [3.05, 3.63) is 62.3 Å². The summed E-state index contributed by atoms with van der Waals surface area (Å²) in [5, 5.41) is 12.9. The van der Waals surface area contributed by atoms with Gasteiger partial charge in [-0.15, -0.1) is 11.3 Å². The lowest BCUT2D eigenvalue weighted by atomic mass is 10.2. The summed E-state index contributed by atoms with van der Waals surface area (Å²) in [5.41, 5.74) is 1.57. The van der Waals surface area contributed by atoms with Gasteiger partial charge in [0.05, 0.1) is 4.92 Å². The van der Waals surface area contributed by atoms with Crippen LogP contribution in [-0.2, 0) is 6.54 Å². The van der Waals surface area contributed by atoms with Gasteiger partial charge in [0, 0.05) is 13.6 Å². The van der Waals surface area contributed by atoms with Crippen molar-refractivity contribution in [2.24, 2.45) is 0 Å². The average Bonchev–Trinajstić information content (AvgIpc) is 2.77. The fourth-order valence-electron chi connectivity index (χ4n) is 1.95. The first-order valence-corrected chi connectivity index (χ1v) is 8.11. The molecule has 0 saturated carbocycles. The number of thiophene rings is 1. The van der Waals surface area contributed by atoms with Crippen LogP contribution in [0.25, 0.3) is 0 Å². The number of halogens is 1. The number of rotatable bonds is 6. The summed E-state index contributed by atoms with van der Waals surface area (Å²) in [6, 6.07) is 9.75. The van der Waals surface area contributed by atoms with Gasteiger partial charge in [0.1, 0.15) is 14.2 Å². The molecule has 0 aliphatic rings. The molecular weight excluding hydrogens is 328 g/mol. The predicted molar refractivity (Wildman–Crippen MR) is 90.6 cm³/mol. The summed E-state index contributed by atoms with van der Waals surface area (Å²) >= 11 is 8.64. The van der Waals surface area contributed by atoms with Gasteiger partial charge in [-0.05, 0) is 11.0 Å². The molecule has 1 heterocycles. The molecule has 0 aliphatic heterocycles. The van der Waals surface area contributed by atoms with Gasteiger partial charge < -0.3 is 4.90 Å². The second-order valence-corrected chi connectivity index (χ2v) is 7.10. The smallest absolute Gasteiger partial charge is 0.318 e. The first-order chi connectivity index (χ1) is 10.0. The van der Waals surface area contributed by atoms with E-state index in [0.717, 1.165) is 5.56 Å². The monoisotopic (exact) mass is 340 g/mol. The Bertz CT molecular complexity index is 658. The maximum atomic E-state index is 11.4. The number of anilines is 1. The minimum atomic E-state index is -0.384. The highest BCUT2D eigenvalue weighted by Gasteiger charge is 2.29. The molecule has 1 aromatic heterocycles. The van der Waals surface area contributed by atoms with Gasteiger partial charge in [0.25, 0.3) is 0 Å². The second kappa shape index (κ2) is 6.98. The van der Waals surface area contributed by atoms with Crippen LogP contribution in [-0.4, -0.2) is 12.0 Å². The Morgan fingerprint density at radius 2 is 2.14 bits per heavy atom. The Morgan fingerprint density at radius 3 is 2.71 bits per heavy atom. The topological polar surface area (TPSA) is 46.4 Å². The van der Waals surface area contributed by atoms with E-state index < -0.39 is 0 Å². The SMILES string of the molecule is C=CSc1sc(Cl)c(N(C)Cc2ccccc2)c1[N+](=O)[O-]. The highest BCUT2D eigenvalue weighted by atomic mass is 35.5. The molecule has 4 nitrogen and oxygen atoms in total. The van der Waals surface area contributed by atoms with Crippen LogP contribution in [0.2, 0.25) is 4.34 Å². The van der Waals surface area contributed by atoms with Crippen molar-refractivity contribution in [2.45, 2.75) is 10.8 Å². The molecule has 0 amide bonds. The Hall–Kier alpha value is -1.50. The zero-order chi connectivity index (χ0) is 15.4. The largest absolute Gasteiger partial charge is 0.363 e. The number of thioether (sulfide) groups is 1. The molecule has 2 rings (SSSR count). The van der Waals surface area contributed by atoms with Crippen molar-refractivity contribution < 1.29 is 4.92 Å². The van der Waals surface area contributed by atoms with E-state index in [1.807, 2.05) is 30.3 Å². The maximum absolute atomic E-state index is 11.4. The number of hydrogen-bond acceptors (Lipinski definition) is 5. The molecule has 0 fully saturated rings. The van der Waals surface area contributed by atoms with E-state index in [-0.39, 0.29) is 10.6 Å². The molecule has 2 aromatic rings. The van der Waals surface area contributed by atoms with Crippen molar-refractivity contribution in [3.8, 4) is 0 Å². The van der Waals surface area contributed by atoms with E-state index >= 15 is 0 Å². The van der Waals surface area contributed by atoms with Crippen molar-refractivity contribution in [3.63, 3.8) is 0 Å². The van der Waals surface area contributed by atoms with Crippen LogP contribution >= 0.6 is 34.7 Å². The molecule has 0 unspecified atom stereocenters. The molecule has 0 N–H and O–H groups in total. The summed E-state index contributed by atoms with van der Waals surface area (Å²) < 4.78 is 0.972. The predicted octanol–water partition coefficient (Wildman–Crippen LogP) is 5.18. The van der Waals surface area contributed by atoms with E-state index in [1.165, 1.54) is 23.1 Å². The average molecular weight is 341 g/mol. The Balaban J connectivity index is 2.38.